The van der Waals surface area contributed by atoms with Crippen LogP contribution in [-0.2, 0) is 9.53 Å². The number of benzene rings is 2. The molecule has 0 spiro atoms. The van der Waals surface area contributed by atoms with Gasteiger partial charge in [0.2, 0.25) is 0 Å². The number of likely N-dealkylation sites (tertiary alicyclic amines) is 1. The minimum absolute atomic E-state index is 0.208. The minimum atomic E-state index is -0.383. The molecule has 184 valence electrons. The molecule has 1 amide bonds. The third kappa shape index (κ3) is 5.13. The molecular formula is C26H28FN3O5. The van der Waals surface area contributed by atoms with Crippen molar-refractivity contribution in [3.05, 3.63) is 60.0 Å². The number of methoxy groups -OCH3 is 2. The fourth-order valence-corrected chi connectivity index (χ4v) is 4.19. The SMILES string of the molecule is CCOC(=O)C1CCN(C(=O)c2cc(-c3ccc(OC)cc3OC)nn2-c2ccc(F)cc2)CC1. The highest BCUT2D eigenvalue weighted by Crippen LogP contribution is 2.34. The van der Waals surface area contributed by atoms with Crippen LogP contribution in [0.2, 0.25) is 0 Å². The van der Waals surface area contributed by atoms with Crippen LogP contribution in [0.15, 0.2) is 48.5 Å². The molecule has 1 aliphatic heterocycles. The zero-order valence-electron chi connectivity index (χ0n) is 20.0. The number of nitrogens with zero attached hydrogens (tertiary/aromatic N) is 3. The average Bonchev–Trinajstić information content (AvgIpc) is 3.33. The van der Waals surface area contributed by atoms with Crippen LogP contribution in [0.4, 0.5) is 4.39 Å². The Hall–Kier alpha value is -3.88. The number of hydrogen-bond donors (Lipinski definition) is 0. The lowest BCUT2D eigenvalue weighted by molar-refractivity contribution is -0.149. The Morgan fingerprint density at radius 1 is 1.03 bits per heavy atom. The highest BCUT2D eigenvalue weighted by Gasteiger charge is 2.31. The molecule has 1 aromatic heterocycles. The molecule has 9 heteroatoms. The molecule has 3 aromatic rings. The van der Waals surface area contributed by atoms with Crippen LogP contribution < -0.4 is 9.47 Å². The van der Waals surface area contributed by atoms with Crippen LogP contribution in [-0.4, -0.2) is 60.5 Å². The van der Waals surface area contributed by atoms with E-state index < -0.39 is 0 Å². The van der Waals surface area contributed by atoms with E-state index in [0.717, 1.165) is 0 Å². The molecule has 1 saturated heterocycles. The average molecular weight is 482 g/mol. The van der Waals surface area contributed by atoms with Crippen molar-refractivity contribution in [3.63, 3.8) is 0 Å². The second-order valence-corrected chi connectivity index (χ2v) is 8.19. The number of carbonyl (C=O) groups excluding carboxylic acids is 2. The van der Waals surface area contributed by atoms with Crippen LogP contribution in [0.25, 0.3) is 16.9 Å². The lowest BCUT2D eigenvalue weighted by atomic mass is 9.97. The Bertz CT molecular complexity index is 1200. The standard InChI is InChI=1S/C26H28FN3O5/c1-4-35-26(32)17-11-13-29(14-12-17)25(31)23-16-22(21-10-9-20(33-2)15-24(21)34-3)28-30(23)19-7-5-18(27)6-8-19/h5-10,15-17H,4,11-14H2,1-3H3. The summed E-state index contributed by atoms with van der Waals surface area (Å²) >= 11 is 0. The van der Waals surface area contributed by atoms with Gasteiger partial charge < -0.3 is 19.1 Å². The Labute approximate surface area is 203 Å². The maximum atomic E-state index is 13.6. The van der Waals surface area contributed by atoms with E-state index in [0.29, 0.717) is 66.7 Å². The summed E-state index contributed by atoms with van der Waals surface area (Å²) in [5.41, 5.74) is 2.09. The van der Waals surface area contributed by atoms with E-state index in [9.17, 15) is 14.0 Å². The van der Waals surface area contributed by atoms with Crippen molar-refractivity contribution in [2.45, 2.75) is 19.8 Å². The Balaban J connectivity index is 1.68. The number of rotatable bonds is 7. The summed E-state index contributed by atoms with van der Waals surface area (Å²) in [5.74, 6) is 0.145. The summed E-state index contributed by atoms with van der Waals surface area (Å²) in [6, 6.07) is 12.8. The molecule has 4 rings (SSSR count). The second kappa shape index (κ2) is 10.6. The molecule has 2 aromatic carbocycles. The van der Waals surface area contributed by atoms with Gasteiger partial charge in [-0.2, -0.15) is 5.10 Å². The molecule has 0 aliphatic carbocycles. The summed E-state index contributed by atoms with van der Waals surface area (Å²) in [7, 11) is 3.12. The second-order valence-electron chi connectivity index (χ2n) is 8.19. The Morgan fingerprint density at radius 3 is 2.37 bits per heavy atom. The summed E-state index contributed by atoms with van der Waals surface area (Å²) in [6.45, 7) is 2.98. The van der Waals surface area contributed by atoms with E-state index in [-0.39, 0.29) is 23.6 Å². The number of halogens is 1. The smallest absolute Gasteiger partial charge is 0.309 e. The van der Waals surface area contributed by atoms with Gasteiger partial charge in [-0.1, -0.05) is 0 Å². The van der Waals surface area contributed by atoms with E-state index in [1.165, 1.54) is 16.8 Å². The lowest BCUT2D eigenvalue weighted by Crippen LogP contribution is -2.41. The summed E-state index contributed by atoms with van der Waals surface area (Å²) in [4.78, 5) is 27.4. The molecule has 0 atom stereocenters. The Kier molecular flexibility index (Phi) is 7.33. The van der Waals surface area contributed by atoms with Gasteiger partial charge in [0.1, 0.15) is 23.0 Å². The number of esters is 1. The first-order valence-electron chi connectivity index (χ1n) is 11.5. The van der Waals surface area contributed by atoms with Gasteiger partial charge in [-0.05, 0) is 62.2 Å². The monoisotopic (exact) mass is 481 g/mol. The maximum absolute atomic E-state index is 13.6. The predicted molar refractivity (Wildman–Crippen MR) is 127 cm³/mol. The molecule has 35 heavy (non-hydrogen) atoms. The van der Waals surface area contributed by atoms with Crippen molar-refractivity contribution in [1.82, 2.24) is 14.7 Å². The van der Waals surface area contributed by atoms with Gasteiger partial charge in [0.25, 0.3) is 5.91 Å². The third-order valence-electron chi connectivity index (χ3n) is 6.09. The van der Waals surface area contributed by atoms with E-state index in [2.05, 4.69) is 5.10 Å². The lowest BCUT2D eigenvalue weighted by Gasteiger charge is -2.30. The molecule has 0 saturated carbocycles. The Morgan fingerprint density at radius 2 is 1.74 bits per heavy atom. The van der Waals surface area contributed by atoms with Crippen LogP contribution in [0.5, 0.6) is 11.5 Å². The molecule has 0 unspecified atom stereocenters. The van der Waals surface area contributed by atoms with Crippen LogP contribution in [0.1, 0.15) is 30.3 Å². The van der Waals surface area contributed by atoms with E-state index >= 15 is 0 Å². The number of carbonyl (C=O) groups is 2. The van der Waals surface area contributed by atoms with E-state index in [1.54, 1.807) is 56.4 Å². The van der Waals surface area contributed by atoms with E-state index in [4.69, 9.17) is 14.2 Å². The largest absolute Gasteiger partial charge is 0.497 e. The highest BCUT2D eigenvalue weighted by molar-refractivity contribution is 5.95. The number of piperidine rings is 1. The molecule has 0 radical (unpaired) electrons. The minimum Gasteiger partial charge on any atom is -0.497 e. The number of aromatic nitrogens is 2. The van der Waals surface area contributed by atoms with Crippen LogP contribution in [0.3, 0.4) is 0 Å². The first-order chi connectivity index (χ1) is 16.9. The van der Waals surface area contributed by atoms with Gasteiger partial charge in [-0.15, -0.1) is 0 Å². The maximum Gasteiger partial charge on any atom is 0.309 e. The summed E-state index contributed by atoms with van der Waals surface area (Å²) in [5, 5.41) is 4.68. The summed E-state index contributed by atoms with van der Waals surface area (Å²) in [6.07, 6.45) is 1.07. The molecule has 8 nitrogen and oxygen atoms in total. The van der Waals surface area contributed by atoms with Crippen molar-refractivity contribution in [3.8, 4) is 28.4 Å². The first-order valence-corrected chi connectivity index (χ1v) is 11.5. The molecule has 1 aliphatic rings. The number of ether oxygens (including phenoxy) is 3. The van der Waals surface area contributed by atoms with Crippen molar-refractivity contribution < 1.29 is 28.2 Å². The summed E-state index contributed by atoms with van der Waals surface area (Å²) < 4.78 is 31.0. The molecule has 1 fully saturated rings. The quantitative estimate of drug-likeness (QED) is 0.473. The van der Waals surface area contributed by atoms with Crippen molar-refractivity contribution in [2.24, 2.45) is 5.92 Å². The third-order valence-corrected chi connectivity index (χ3v) is 6.09. The molecule has 0 bridgehead atoms. The number of amides is 1. The zero-order chi connectivity index (χ0) is 24.9. The van der Waals surface area contributed by atoms with Gasteiger partial charge in [-0.25, -0.2) is 9.07 Å². The topological polar surface area (TPSA) is 82.9 Å². The molecule has 0 N–H and O–H groups in total. The van der Waals surface area contributed by atoms with Gasteiger partial charge in [0.05, 0.1) is 38.1 Å². The van der Waals surface area contributed by atoms with Gasteiger partial charge >= 0.3 is 5.97 Å². The normalized spacial score (nSPS) is 14.0. The first kappa shape index (κ1) is 24.3. The van der Waals surface area contributed by atoms with Crippen molar-refractivity contribution in [1.29, 1.82) is 0 Å². The molecular weight excluding hydrogens is 453 g/mol. The van der Waals surface area contributed by atoms with Gasteiger partial charge in [0.15, 0.2) is 0 Å². The van der Waals surface area contributed by atoms with E-state index in [1.807, 2.05) is 6.07 Å². The highest BCUT2D eigenvalue weighted by atomic mass is 19.1. The van der Waals surface area contributed by atoms with Gasteiger partial charge in [-0.3, -0.25) is 9.59 Å². The molecule has 2 heterocycles. The predicted octanol–water partition coefficient (Wildman–Crippen LogP) is 4.11. The number of hydrogen-bond acceptors (Lipinski definition) is 6. The fraction of sp³-hybridized carbons (Fsp3) is 0.346. The zero-order valence-corrected chi connectivity index (χ0v) is 20.0. The van der Waals surface area contributed by atoms with Crippen molar-refractivity contribution >= 4 is 11.9 Å². The van der Waals surface area contributed by atoms with Gasteiger partial charge in [0, 0.05) is 24.7 Å². The van der Waals surface area contributed by atoms with Crippen LogP contribution in [0, 0.1) is 11.7 Å². The fourth-order valence-electron chi connectivity index (χ4n) is 4.19. The van der Waals surface area contributed by atoms with Crippen LogP contribution >= 0.6 is 0 Å². The van der Waals surface area contributed by atoms with Crippen molar-refractivity contribution in [2.75, 3.05) is 33.9 Å².